The Kier molecular flexibility index (Phi) is 6.19. The SMILES string of the molecule is C#CCN1CCOCC1C(=O)NCC(=O)OCC. The molecule has 1 rings (SSSR count). The number of morpholine rings is 1. The minimum Gasteiger partial charge on any atom is -0.465 e. The van der Waals surface area contributed by atoms with Crippen molar-refractivity contribution in [3.63, 3.8) is 0 Å². The topological polar surface area (TPSA) is 67.9 Å². The summed E-state index contributed by atoms with van der Waals surface area (Å²) in [6.45, 7) is 3.73. The minimum absolute atomic E-state index is 0.132. The number of rotatable bonds is 5. The Hall–Kier alpha value is -1.58. The number of nitrogens with zero attached hydrogens (tertiary/aromatic N) is 1. The molecule has 1 N–H and O–H groups in total. The molecule has 0 saturated carbocycles. The maximum Gasteiger partial charge on any atom is 0.325 e. The molecule has 1 fully saturated rings. The number of hydrogen-bond acceptors (Lipinski definition) is 5. The summed E-state index contributed by atoms with van der Waals surface area (Å²) >= 11 is 0. The number of hydrogen-bond donors (Lipinski definition) is 1. The molecule has 18 heavy (non-hydrogen) atoms. The van der Waals surface area contributed by atoms with Gasteiger partial charge in [-0.3, -0.25) is 14.5 Å². The van der Waals surface area contributed by atoms with E-state index in [4.69, 9.17) is 15.9 Å². The number of nitrogens with one attached hydrogen (secondary N) is 1. The first-order valence-electron chi connectivity index (χ1n) is 5.87. The van der Waals surface area contributed by atoms with Gasteiger partial charge in [-0.15, -0.1) is 6.42 Å². The molecule has 0 aromatic heterocycles. The van der Waals surface area contributed by atoms with Crippen LogP contribution >= 0.6 is 0 Å². The van der Waals surface area contributed by atoms with Crippen molar-refractivity contribution in [2.75, 3.05) is 39.5 Å². The first-order valence-corrected chi connectivity index (χ1v) is 5.87. The van der Waals surface area contributed by atoms with Gasteiger partial charge >= 0.3 is 5.97 Å². The number of carbonyl (C=O) groups excluding carboxylic acids is 2. The summed E-state index contributed by atoms with van der Waals surface area (Å²) in [4.78, 5) is 24.9. The Labute approximate surface area is 107 Å². The fourth-order valence-corrected chi connectivity index (χ4v) is 1.68. The molecule has 0 aliphatic carbocycles. The lowest BCUT2D eigenvalue weighted by atomic mass is 10.2. The lowest BCUT2D eigenvalue weighted by Crippen LogP contribution is -2.54. The van der Waals surface area contributed by atoms with Crippen molar-refractivity contribution in [3.8, 4) is 12.3 Å². The zero-order chi connectivity index (χ0) is 13.4. The van der Waals surface area contributed by atoms with Gasteiger partial charge in [0.05, 0.1) is 26.4 Å². The molecule has 0 aromatic rings. The molecule has 0 radical (unpaired) electrons. The van der Waals surface area contributed by atoms with Crippen molar-refractivity contribution in [2.24, 2.45) is 0 Å². The molecule has 6 nitrogen and oxygen atoms in total. The summed E-state index contributed by atoms with van der Waals surface area (Å²) in [5, 5.41) is 2.52. The van der Waals surface area contributed by atoms with Crippen molar-refractivity contribution < 1.29 is 19.1 Å². The molecule has 1 atom stereocenters. The Bertz CT molecular complexity index is 337. The van der Waals surface area contributed by atoms with Gasteiger partial charge in [0.25, 0.3) is 0 Å². The third-order valence-electron chi connectivity index (χ3n) is 2.55. The molecule has 100 valence electrons. The minimum atomic E-state index is -0.453. The van der Waals surface area contributed by atoms with Crippen molar-refractivity contribution in [1.82, 2.24) is 10.2 Å². The second-order valence-corrected chi connectivity index (χ2v) is 3.79. The summed E-state index contributed by atoms with van der Waals surface area (Å²) < 4.78 is 9.97. The van der Waals surface area contributed by atoms with Gasteiger partial charge in [-0.2, -0.15) is 0 Å². The van der Waals surface area contributed by atoms with Crippen LogP contribution in [0.5, 0.6) is 0 Å². The monoisotopic (exact) mass is 254 g/mol. The smallest absolute Gasteiger partial charge is 0.325 e. The van der Waals surface area contributed by atoms with Gasteiger partial charge in [-0.05, 0) is 6.92 Å². The van der Waals surface area contributed by atoms with Gasteiger partial charge in [0.15, 0.2) is 0 Å². The Morgan fingerprint density at radius 3 is 3.06 bits per heavy atom. The Morgan fingerprint density at radius 1 is 1.61 bits per heavy atom. The van der Waals surface area contributed by atoms with Crippen LogP contribution in [0.15, 0.2) is 0 Å². The summed E-state index contributed by atoms with van der Waals surface area (Å²) in [6, 6.07) is -0.441. The number of ether oxygens (including phenoxy) is 2. The molecular formula is C12H18N2O4. The average Bonchev–Trinajstić information content (AvgIpc) is 2.37. The highest BCUT2D eigenvalue weighted by Crippen LogP contribution is 2.06. The van der Waals surface area contributed by atoms with Crippen molar-refractivity contribution in [1.29, 1.82) is 0 Å². The summed E-state index contributed by atoms with van der Waals surface area (Å²) in [6.07, 6.45) is 5.25. The number of carbonyl (C=O) groups is 2. The lowest BCUT2D eigenvalue weighted by molar-refractivity contribution is -0.144. The van der Waals surface area contributed by atoms with Crippen LogP contribution in [-0.2, 0) is 19.1 Å². The highest BCUT2D eigenvalue weighted by atomic mass is 16.5. The van der Waals surface area contributed by atoms with Crippen LogP contribution < -0.4 is 5.32 Å². The van der Waals surface area contributed by atoms with Gasteiger partial charge in [0.2, 0.25) is 5.91 Å². The van der Waals surface area contributed by atoms with E-state index in [1.54, 1.807) is 6.92 Å². The third kappa shape index (κ3) is 4.35. The van der Waals surface area contributed by atoms with E-state index < -0.39 is 12.0 Å². The van der Waals surface area contributed by atoms with Gasteiger partial charge in [0.1, 0.15) is 12.6 Å². The zero-order valence-electron chi connectivity index (χ0n) is 10.5. The quantitative estimate of drug-likeness (QED) is 0.503. The van der Waals surface area contributed by atoms with E-state index in [1.807, 2.05) is 4.90 Å². The largest absolute Gasteiger partial charge is 0.465 e. The molecule has 1 amide bonds. The standard InChI is InChI=1S/C12H18N2O4/c1-3-5-14-6-7-17-9-10(14)12(16)13-8-11(15)18-4-2/h1,10H,4-9H2,2H3,(H,13,16). The van der Waals surface area contributed by atoms with Crippen LogP contribution in [0.1, 0.15) is 6.92 Å². The fourth-order valence-electron chi connectivity index (χ4n) is 1.68. The molecule has 1 heterocycles. The molecule has 0 aromatic carbocycles. The van der Waals surface area contributed by atoms with Gasteiger partial charge in [-0.1, -0.05) is 5.92 Å². The number of esters is 1. The second-order valence-electron chi connectivity index (χ2n) is 3.79. The van der Waals surface area contributed by atoms with Crippen LogP contribution in [0.4, 0.5) is 0 Å². The summed E-state index contributed by atoms with van der Waals surface area (Å²) in [7, 11) is 0. The Balaban J connectivity index is 2.43. The van der Waals surface area contributed by atoms with Gasteiger partial charge in [-0.25, -0.2) is 0 Å². The van der Waals surface area contributed by atoms with Crippen molar-refractivity contribution in [2.45, 2.75) is 13.0 Å². The van der Waals surface area contributed by atoms with Crippen molar-refractivity contribution in [3.05, 3.63) is 0 Å². The Morgan fingerprint density at radius 2 is 2.39 bits per heavy atom. The van der Waals surface area contributed by atoms with E-state index in [2.05, 4.69) is 11.2 Å². The maximum absolute atomic E-state index is 11.9. The predicted molar refractivity (Wildman–Crippen MR) is 64.7 cm³/mol. The van der Waals surface area contributed by atoms with E-state index in [0.717, 1.165) is 0 Å². The van der Waals surface area contributed by atoms with E-state index in [-0.39, 0.29) is 19.1 Å². The van der Waals surface area contributed by atoms with Crippen LogP contribution in [0.3, 0.4) is 0 Å². The third-order valence-corrected chi connectivity index (χ3v) is 2.55. The van der Waals surface area contributed by atoms with Gasteiger partial charge in [0, 0.05) is 6.54 Å². The van der Waals surface area contributed by atoms with E-state index in [9.17, 15) is 9.59 Å². The van der Waals surface area contributed by atoms with Crippen LogP contribution in [0.25, 0.3) is 0 Å². The molecule has 6 heteroatoms. The fraction of sp³-hybridized carbons (Fsp3) is 0.667. The second kappa shape index (κ2) is 7.69. The maximum atomic E-state index is 11.9. The van der Waals surface area contributed by atoms with E-state index in [0.29, 0.717) is 26.3 Å². The molecule has 0 bridgehead atoms. The molecule has 1 aliphatic heterocycles. The van der Waals surface area contributed by atoms with E-state index >= 15 is 0 Å². The molecule has 0 spiro atoms. The lowest BCUT2D eigenvalue weighted by Gasteiger charge is -2.32. The number of amides is 1. The first kappa shape index (κ1) is 14.5. The average molecular weight is 254 g/mol. The van der Waals surface area contributed by atoms with Crippen LogP contribution in [0.2, 0.25) is 0 Å². The normalized spacial score (nSPS) is 19.9. The first-order chi connectivity index (χ1) is 8.69. The number of terminal acetylenes is 1. The molecule has 1 aliphatic rings. The predicted octanol–water partition coefficient (Wildman–Crippen LogP) is -1.00. The highest BCUT2D eigenvalue weighted by Gasteiger charge is 2.28. The van der Waals surface area contributed by atoms with Crippen molar-refractivity contribution >= 4 is 11.9 Å². The van der Waals surface area contributed by atoms with E-state index in [1.165, 1.54) is 0 Å². The molecular weight excluding hydrogens is 236 g/mol. The molecule has 1 saturated heterocycles. The highest BCUT2D eigenvalue weighted by molar-refractivity contribution is 5.85. The van der Waals surface area contributed by atoms with Crippen LogP contribution in [0, 0.1) is 12.3 Å². The zero-order valence-corrected chi connectivity index (χ0v) is 10.5. The summed E-state index contributed by atoms with van der Waals surface area (Å²) in [5.74, 6) is 1.79. The van der Waals surface area contributed by atoms with Gasteiger partial charge < -0.3 is 14.8 Å². The summed E-state index contributed by atoms with van der Waals surface area (Å²) in [5.41, 5.74) is 0. The van der Waals surface area contributed by atoms with Crippen LogP contribution in [-0.4, -0.2) is 62.3 Å². The molecule has 1 unspecified atom stereocenters.